The lowest BCUT2D eigenvalue weighted by molar-refractivity contribution is -0.151. The van der Waals surface area contributed by atoms with Crippen molar-refractivity contribution in [1.82, 2.24) is 5.32 Å². The molecule has 3 unspecified atom stereocenters. The van der Waals surface area contributed by atoms with Crippen molar-refractivity contribution in [2.24, 2.45) is 0 Å². The summed E-state index contributed by atoms with van der Waals surface area (Å²) in [7, 11) is 0. The molecule has 58 heavy (non-hydrogen) atoms. The molecule has 0 saturated heterocycles. The summed E-state index contributed by atoms with van der Waals surface area (Å²) in [6.45, 7) is 6.32. The average Bonchev–Trinajstić information content (AvgIpc) is 3.22. The summed E-state index contributed by atoms with van der Waals surface area (Å²) < 4.78 is 5.89. The first-order valence-corrected chi connectivity index (χ1v) is 24.6. The standard InChI is InChI=1S/C52H93NO5/c1-4-7-10-13-16-19-22-25-27-28-31-34-37-40-43-48(58-52(57)45-42-39-36-33-30-26-23-20-17-14-11-8-5-2)46-51(56)53-49(47-54)50(55)44-41-38-35-32-29-24-21-18-15-12-9-6-3/h8,11,14,17,20,23,26-28,30,48-50,54-55H,4-7,9-10,12-13,15-16,18-19,21-22,24-25,29,31-47H2,1-3H3,(H,53,56)/b11-8+,17-14+,23-20-,28-27+,30-26-. The Morgan fingerprint density at radius 1 is 0.517 bits per heavy atom. The van der Waals surface area contributed by atoms with Gasteiger partial charge >= 0.3 is 5.97 Å². The lowest BCUT2D eigenvalue weighted by Crippen LogP contribution is -2.46. The molecule has 0 rings (SSSR count). The van der Waals surface area contributed by atoms with Crippen molar-refractivity contribution in [2.75, 3.05) is 6.61 Å². The molecule has 3 N–H and O–H groups in total. The van der Waals surface area contributed by atoms with Gasteiger partial charge in [0.05, 0.1) is 25.2 Å². The number of allylic oxidation sites excluding steroid dienone is 10. The van der Waals surface area contributed by atoms with Crippen LogP contribution in [0.3, 0.4) is 0 Å². The number of hydrogen-bond acceptors (Lipinski definition) is 5. The average molecular weight is 812 g/mol. The number of esters is 1. The van der Waals surface area contributed by atoms with Gasteiger partial charge in [0.1, 0.15) is 6.10 Å². The summed E-state index contributed by atoms with van der Waals surface area (Å²) in [4.78, 5) is 26.1. The van der Waals surface area contributed by atoms with Crippen molar-refractivity contribution < 1.29 is 24.5 Å². The normalized spacial score (nSPS) is 13.8. The fourth-order valence-corrected chi connectivity index (χ4v) is 7.20. The molecule has 0 aromatic rings. The van der Waals surface area contributed by atoms with Crippen LogP contribution in [-0.2, 0) is 14.3 Å². The van der Waals surface area contributed by atoms with Crippen LogP contribution in [0.5, 0.6) is 0 Å². The molecule has 0 heterocycles. The van der Waals surface area contributed by atoms with Crippen LogP contribution >= 0.6 is 0 Å². The number of rotatable bonds is 43. The maximum Gasteiger partial charge on any atom is 0.306 e. The Kier molecular flexibility index (Phi) is 43.7. The SMILES string of the molecule is CC/C=C/C=C/C=C\C=C/CCCCCC(=O)OC(CCCCC/C=C/CCCCCCCCC)CC(=O)NC(CO)C(O)CCCCCCCCCCCCCC. The number of hydrogen-bond donors (Lipinski definition) is 3. The highest BCUT2D eigenvalue weighted by atomic mass is 16.5. The Labute approximate surface area is 358 Å². The summed E-state index contributed by atoms with van der Waals surface area (Å²) in [5.41, 5.74) is 0. The second kappa shape index (κ2) is 45.6. The monoisotopic (exact) mass is 812 g/mol. The molecular formula is C52H93NO5. The van der Waals surface area contributed by atoms with E-state index in [2.05, 4.69) is 56.5 Å². The molecule has 0 fully saturated rings. The molecule has 6 heteroatoms. The van der Waals surface area contributed by atoms with Gasteiger partial charge in [-0.1, -0.05) is 210 Å². The van der Waals surface area contributed by atoms with Crippen molar-refractivity contribution >= 4 is 11.9 Å². The second-order valence-corrected chi connectivity index (χ2v) is 16.6. The Hall–Kier alpha value is -2.44. The lowest BCUT2D eigenvalue weighted by atomic mass is 10.0. The lowest BCUT2D eigenvalue weighted by Gasteiger charge is -2.24. The molecule has 0 radical (unpaired) electrons. The second-order valence-electron chi connectivity index (χ2n) is 16.6. The molecule has 0 aliphatic rings. The molecule has 0 aromatic carbocycles. The van der Waals surface area contributed by atoms with Gasteiger partial charge in [0, 0.05) is 6.42 Å². The third-order valence-corrected chi connectivity index (χ3v) is 10.9. The maximum atomic E-state index is 13.2. The number of ether oxygens (including phenoxy) is 1. The van der Waals surface area contributed by atoms with Crippen molar-refractivity contribution in [1.29, 1.82) is 0 Å². The van der Waals surface area contributed by atoms with Crippen molar-refractivity contribution in [3.05, 3.63) is 60.8 Å². The number of carbonyl (C=O) groups excluding carboxylic acids is 2. The fourth-order valence-electron chi connectivity index (χ4n) is 7.20. The predicted molar refractivity (Wildman–Crippen MR) is 250 cm³/mol. The highest BCUT2D eigenvalue weighted by Gasteiger charge is 2.24. The van der Waals surface area contributed by atoms with E-state index in [0.717, 1.165) is 83.5 Å². The smallest absolute Gasteiger partial charge is 0.306 e. The molecule has 0 spiro atoms. The molecular weight excluding hydrogens is 719 g/mol. The highest BCUT2D eigenvalue weighted by Crippen LogP contribution is 2.17. The number of aliphatic hydroxyl groups is 2. The van der Waals surface area contributed by atoms with E-state index in [1.165, 1.54) is 103 Å². The first-order chi connectivity index (χ1) is 28.5. The zero-order valence-corrected chi connectivity index (χ0v) is 38.2. The minimum Gasteiger partial charge on any atom is -0.462 e. The van der Waals surface area contributed by atoms with Crippen LogP contribution in [0.1, 0.15) is 233 Å². The summed E-state index contributed by atoms with van der Waals surface area (Å²) in [5.74, 6) is -0.535. The molecule has 0 aliphatic carbocycles. The number of unbranched alkanes of at least 4 members (excludes halogenated alkanes) is 24. The van der Waals surface area contributed by atoms with E-state index >= 15 is 0 Å². The molecule has 0 aliphatic heterocycles. The molecule has 0 aromatic heterocycles. The van der Waals surface area contributed by atoms with E-state index in [1.54, 1.807) is 0 Å². The quantitative estimate of drug-likeness (QED) is 0.0247. The van der Waals surface area contributed by atoms with Crippen molar-refractivity contribution in [2.45, 2.75) is 251 Å². The van der Waals surface area contributed by atoms with Gasteiger partial charge in [-0.2, -0.15) is 0 Å². The largest absolute Gasteiger partial charge is 0.462 e. The number of amides is 1. The number of aliphatic hydroxyl groups excluding tert-OH is 2. The number of carbonyl (C=O) groups is 2. The van der Waals surface area contributed by atoms with E-state index < -0.39 is 18.2 Å². The number of nitrogens with one attached hydrogen (secondary N) is 1. The summed E-state index contributed by atoms with van der Waals surface area (Å²) in [6, 6.07) is -0.714. The zero-order valence-electron chi connectivity index (χ0n) is 38.2. The third-order valence-electron chi connectivity index (χ3n) is 10.9. The molecule has 0 bridgehead atoms. The van der Waals surface area contributed by atoms with Crippen LogP contribution in [0.2, 0.25) is 0 Å². The zero-order chi connectivity index (χ0) is 42.4. The molecule has 3 atom stereocenters. The first kappa shape index (κ1) is 55.6. The molecule has 336 valence electrons. The Morgan fingerprint density at radius 2 is 0.948 bits per heavy atom. The van der Waals surface area contributed by atoms with Gasteiger partial charge in [-0.15, -0.1) is 0 Å². The molecule has 6 nitrogen and oxygen atoms in total. The topological polar surface area (TPSA) is 95.9 Å². The minimum atomic E-state index is -0.799. The predicted octanol–water partition coefficient (Wildman–Crippen LogP) is 14.5. The van der Waals surface area contributed by atoms with Gasteiger partial charge < -0.3 is 20.3 Å². The van der Waals surface area contributed by atoms with E-state index in [9.17, 15) is 19.8 Å². The molecule has 0 saturated carbocycles. The van der Waals surface area contributed by atoms with Crippen molar-refractivity contribution in [3.8, 4) is 0 Å². The first-order valence-electron chi connectivity index (χ1n) is 24.6. The maximum absolute atomic E-state index is 13.2. The third kappa shape index (κ3) is 40.3. The van der Waals surface area contributed by atoms with E-state index in [1.807, 2.05) is 30.4 Å². The highest BCUT2D eigenvalue weighted by molar-refractivity contribution is 5.77. The summed E-state index contributed by atoms with van der Waals surface area (Å²) in [6.07, 6.45) is 55.6. The van der Waals surface area contributed by atoms with Gasteiger partial charge in [0.15, 0.2) is 0 Å². The van der Waals surface area contributed by atoms with Gasteiger partial charge in [-0.25, -0.2) is 0 Å². The molecule has 1 amide bonds. The van der Waals surface area contributed by atoms with Crippen LogP contribution in [-0.4, -0.2) is 46.9 Å². The Bertz CT molecular complexity index is 1050. The minimum absolute atomic E-state index is 0.0499. The van der Waals surface area contributed by atoms with Gasteiger partial charge in [-0.05, 0) is 70.6 Å². The summed E-state index contributed by atoms with van der Waals surface area (Å²) in [5, 5.41) is 23.7. The van der Waals surface area contributed by atoms with E-state index in [-0.39, 0.29) is 24.9 Å². The van der Waals surface area contributed by atoms with E-state index in [0.29, 0.717) is 19.3 Å². The van der Waals surface area contributed by atoms with Gasteiger partial charge in [-0.3, -0.25) is 9.59 Å². The van der Waals surface area contributed by atoms with Crippen LogP contribution in [0.4, 0.5) is 0 Å². The van der Waals surface area contributed by atoms with Crippen LogP contribution in [0.25, 0.3) is 0 Å². The van der Waals surface area contributed by atoms with Crippen LogP contribution < -0.4 is 5.32 Å². The van der Waals surface area contributed by atoms with Crippen LogP contribution in [0.15, 0.2) is 60.8 Å². The van der Waals surface area contributed by atoms with E-state index in [4.69, 9.17) is 4.74 Å². The Balaban J connectivity index is 4.68. The van der Waals surface area contributed by atoms with Crippen LogP contribution in [0, 0.1) is 0 Å². The Morgan fingerprint density at radius 3 is 1.48 bits per heavy atom. The van der Waals surface area contributed by atoms with Crippen molar-refractivity contribution in [3.63, 3.8) is 0 Å². The summed E-state index contributed by atoms with van der Waals surface area (Å²) >= 11 is 0. The van der Waals surface area contributed by atoms with Gasteiger partial charge in [0.25, 0.3) is 0 Å². The van der Waals surface area contributed by atoms with Gasteiger partial charge in [0.2, 0.25) is 5.91 Å². The fraction of sp³-hybridized carbons (Fsp3) is 0.769.